The zero-order chi connectivity index (χ0) is 14.0. The number of aliphatic hydroxyl groups is 2. The first-order valence-electron chi connectivity index (χ1n) is 5.60. The first-order chi connectivity index (χ1) is 9.06. The highest BCUT2D eigenvalue weighted by Gasteiger charge is 2.18. The van der Waals surface area contributed by atoms with Gasteiger partial charge in [-0.1, -0.05) is 0 Å². The van der Waals surface area contributed by atoms with Crippen molar-refractivity contribution in [2.75, 3.05) is 19.5 Å². The van der Waals surface area contributed by atoms with Crippen LogP contribution in [0.15, 0.2) is 6.33 Å². The van der Waals surface area contributed by atoms with Crippen LogP contribution in [-0.4, -0.2) is 49.6 Å². The number of imidazole rings is 1. The maximum atomic E-state index is 10.1. The van der Waals surface area contributed by atoms with E-state index in [2.05, 4.69) is 15.0 Å². The number of hydrogen-bond acceptors (Lipinski definition) is 7. The minimum Gasteiger partial charge on any atom is -0.394 e. The van der Waals surface area contributed by atoms with E-state index in [0.717, 1.165) is 0 Å². The van der Waals surface area contributed by atoms with E-state index in [1.165, 1.54) is 18.0 Å². The summed E-state index contributed by atoms with van der Waals surface area (Å²) in [6, 6.07) is 0. The van der Waals surface area contributed by atoms with Crippen molar-refractivity contribution in [1.29, 1.82) is 0 Å². The average molecular weight is 285 g/mol. The summed E-state index contributed by atoms with van der Waals surface area (Å²) in [5.41, 5.74) is 6.57. The fraction of sp³-hybridized carbons (Fsp3) is 0.500. The van der Waals surface area contributed by atoms with Crippen molar-refractivity contribution >= 4 is 29.2 Å². The lowest BCUT2D eigenvalue weighted by Gasteiger charge is -2.18. The molecule has 0 aliphatic carbocycles. The molecule has 0 saturated heterocycles. The van der Waals surface area contributed by atoms with Gasteiger partial charge < -0.3 is 25.7 Å². The lowest BCUT2D eigenvalue weighted by atomic mass is 10.2. The van der Waals surface area contributed by atoms with Crippen molar-refractivity contribution in [3.8, 4) is 0 Å². The Kier molecular flexibility index (Phi) is 4.10. The van der Waals surface area contributed by atoms with Crippen molar-refractivity contribution in [3.63, 3.8) is 0 Å². The molecule has 0 radical (unpaired) electrons. The molecular weight excluding hydrogens is 270 g/mol. The zero-order valence-corrected chi connectivity index (χ0v) is 11.1. The quantitative estimate of drug-likeness (QED) is 0.568. The number of aromatic nitrogens is 4. The molecule has 2 atom stereocenters. The van der Waals surface area contributed by atoms with Crippen LogP contribution in [0.5, 0.6) is 0 Å². The van der Waals surface area contributed by atoms with Gasteiger partial charge in [0.25, 0.3) is 0 Å². The highest BCUT2D eigenvalue weighted by molar-refractivity contribution is 7.71. The second kappa shape index (κ2) is 5.61. The Balaban J connectivity index is 2.37. The molecule has 104 valence electrons. The topological polar surface area (TPSA) is 122 Å². The van der Waals surface area contributed by atoms with Crippen LogP contribution in [0.25, 0.3) is 11.2 Å². The standard InChI is InChI=1S/C10H15N5O3S/c1-18-5(3-16)2-6(17)15-4-12-7-8(11)13-10(19)14-9(7)15/h4-6,16-17H,2-3H2,1H3,(H3,11,13,14,19)/t5?,6-/m1/s1. The molecule has 2 aromatic heterocycles. The summed E-state index contributed by atoms with van der Waals surface area (Å²) in [5, 5.41) is 19.2. The van der Waals surface area contributed by atoms with Gasteiger partial charge in [-0.05, 0) is 12.2 Å². The molecule has 0 saturated carbocycles. The number of fused-ring (bicyclic) bond motifs is 1. The fourth-order valence-corrected chi connectivity index (χ4v) is 1.96. The molecule has 8 nitrogen and oxygen atoms in total. The smallest absolute Gasteiger partial charge is 0.200 e. The van der Waals surface area contributed by atoms with Gasteiger partial charge in [0.2, 0.25) is 0 Å². The molecule has 0 amide bonds. The van der Waals surface area contributed by atoms with E-state index in [1.54, 1.807) is 0 Å². The van der Waals surface area contributed by atoms with E-state index in [0.29, 0.717) is 17.0 Å². The minimum absolute atomic E-state index is 0.185. The number of aromatic amines is 1. The maximum Gasteiger partial charge on any atom is 0.200 e. The number of rotatable bonds is 5. The second-order valence-electron chi connectivity index (χ2n) is 4.04. The van der Waals surface area contributed by atoms with Crippen molar-refractivity contribution < 1.29 is 14.9 Å². The Morgan fingerprint density at radius 3 is 3.00 bits per heavy atom. The molecule has 19 heavy (non-hydrogen) atoms. The molecule has 0 aliphatic rings. The molecule has 9 heteroatoms. The summed E-state index contributed by atoms with van der Waals surface area (Å²) in [5.74, 6) is 0.298. The molecule has 1 unspecified atom stereocenters. The minimum atomic E-state index is -0.939. The molecule has 0 bridgehead atoms. The number of nitrogens with one attached hydrogen (secondary N) is 1. The molecule has 0 aliphatic heterocycles. The molecule has 0 aromatic carbocycles. The predicted molar refractivity (Wildman–Crippen MR) is 70.9 cm³/mol. The fourth-order valence-electron chi connectivity index (χ4n) is 1.77. The van der Waals surface area contributed by atoms with Gasteiger partial charge in [-0.2, -0.15) is 4.98 Å². The third-order valence-electron chi connectivity index (χ3n) is 2.80. The number of H-pyrrole nitrogens is 1. The summed E-state index contributed by atoms with van der Waals surface area (Å²) in [4.78, 5) is 10.9. The van der Waals surface area contributed by atoms with E-state index < -0.39 is 12.3 Å². The Hall–Kier alpha value is -1.55. The highest BCUT2D eigenvalue weighted by atomic mass is 32.1. The van der Waals surface area contributed by atoms with Crippen LogP contribution in [0.1, 0.15) is 12.6 Å². The van der Waals surface area contributed by atoms with Gasteiger partial charge >= 0.3 is 0 Å². The lowest BCUT2D eigenvalue weighted by Crippen LogP contribution is -2.22. The Labute approximate surface area is 113 Å². The molecule has 2 aromatic rings. The molecule has 2 rings (SSSR count). The monoisotopic (exact) mass is 285 g/mol. The van der Waals surface area contributed by atoms with Crippen LogP contribution >= 0.6 is 12.2 Å². The molecule has 0 fully saturated rings. The van der Waals surface area contributed by atoms with Crippen molar-refractivity contribution in [1.82, 2.24) is 19.5 Å². The van der Waals surface area contributed by atoms with E-state index >= 15 is 0 Å². The maximum absolute atomic E-state index is 10.1. The predicted octanol–water partition coefficient (Wildman–Crippen LogP) is -0.0406. The van der Waals surface area contributed by atoms with Gasteiger partial charge in [-0.25, -0.2) is 4.98 Å². The summed E-state index contributed by atoms with van der Waals surface area (Å²) < 4.78 is 6.67. The Morgan fingerprint density at radius 1 is 1.63 bits per heavy atom. The molecule has 5 N–H and O–H groups in total. The van der Waals surface area contributed by atoms with Crippen molar-refractivity contribution in [3.05, 3.63) is 11.1 Å². The number of nitrogen functional groups attached to an aromatic ring is 1. The zero-order valence-electron chi connectivity index (χ0n) is 10.3. The molecule has 2 heterocycles. The normalized spacial score (nSPS) is 14.7. The lowest BCUT2D eigenvalue weighted by molar-refractivity contribution is -0.0112. The third-order valence-corrected chi connectivity index (χ3v) is 3.00. The molecular formula is C10H15N5O3S. The number of nitrogens with two attached hydrogens (primary N) is 1. The van der Waals surface area contributed by atoms with Gasteiger partial charge in [0.15, 0.2) is 10.4 Å². The number of hydrogen-bond donors (Lipinski definition) is 4. The van der Waals surface area contributed by atoms with Gasteiger partial charge in [-0.3, -0.25) is 4.57 Å². The number of methoxy groups -OCH3 is 1. The largest absolute Gasteiger partial charge is 0.394 e. The Morgan fingerprint density at radius 2 is 2.37 bits per heavy atom. The average Bonchev–Trinajstić information content (AvgIpc) is 2.79. The Bertz CT molecular complexity index is 621. The van der Waals surface area contributed by atoms with Crippen molar-refractivity contribution in [2.45, 2.75) is 18.8 Å². The van der Waals surface area contributed by atoms with Crippen LogP contribution < -0.4 is 5.73 Å². The van der Waals surface area contributed by atoms with Gasteiger partial charge in [0.1, 0.15) is 17.6 Å². The van der Waals surface area contributed by atoms with E-state index in [9.17, 15) is 5.11 Å². The number of anilines is 1. The SMILES string of the molecule is COC(CO)C[C@@H](O)n1cnc2c(N)[nH]c(=S)nc21. The van der Waals surface area contributed by atoms with Crippen LogP contribution in [0.3, 0.4) is 0 Å². The van der Waals surface area contributed by atoms with Crippen LogP contribution in [0, 0.1) is 4.77 Å². The number of ether oxygens (including phenoxy) is 1. The van der Waals surface area contributed by atoms with E-state index in [4.69, 9.17) is 27.8 Å². The van der Waals surface area contributed by atoms with Crippen molar-refractivity contribution in [2.24, 2.45) is 0 Å². The summed E-state index contributed by atoms with van der Waals surface area (Å²) in [6.45, 7) is -0.185. The first-order valence-corrected chi connectivity index (χ1v) is 6.01. The van der Waals surface area contributed by atoms with Crippen LogP contribution in [-0.2, 0) is 4.74 Å². The van der Waals surface area contributed by atoms with Crippen LogP contribution in [0.4, 0.5) is 5.82 Å². The number of nitrogens with zero attached hydrogens (tertiary/aromatic N) is 3. The van der Waals surface area contributed by atoms with Gasteiger partial charge in [0, 0.05) is 13.5 Å². The highest BCUT2D eigenvalue weighted by Crippen LogP contribution is 2.20. The van der Waals surface area contributed by atoms with Crippen LogP contribution in [0.2, 0.25) is 0 Å². The molecule has 0 spiro atoms. The number of aliphatic hydroxyl groups excluding tert-OH is 2. The van der Waals surface area contributed by atoms with Gasteiger partial charge in [0.05, 0.1) is 19.0 Å². The summed E-state index contributed by atoms with van der Waals surface area (Å²) in [7, 11) is 1.46. The summed E-state index contributed by atoms with van der Waals surface area (Å²) >= 11 is 4.94. The van der Waals surface area contributed by atoms with Gasteiger partial charge in [-0.15, -0.1) is 0 Å². The van der Waals surface area contributed by atoms with E-state index in [-0.39, 0.29) is 17.8 Å². The second-order valence-corrected chi connectivity index (χ2v) is 4.42. The third kappa shape index (κ3) is 2.73. The summed E-state index contributed by atoms with van der Waals surface area (Å²) in [6.07, 6.45) is 0.213. The van der Waals surface area contributed by atoms with E-state index in [1.807, 2.05) is 0 Å². The first kappa shape index (κ1) is 13.9.